The SMILES string of the molecule is CCNC(=NCc1coc(-c2ccccc2)n1)NCc1ncc(CC)s1.I. The molecular formula is C19H24IN5OS. The van der Waals surface area contributed by atoms with Crippen LogP contribution in [0.1, 0.15) is 29.4 Å². The number of rotatable bonds is 7. The van der Waals surface area contributed by atoms with Crippen molar-refractivity contribution >= 4 is 41.3 Å². The van der Waals surface area contributed by atoms with Crippen LogP contribution in [-0.2, 0) is 19.5 Å². The molecule has 6 nitrogen and oxygen atoms in total. The standard InChI is InChI=1S/C19H23N5OS.HI/c1-3-16-11-21-17(26-16)12-23-19(20-4-2)22-10-15-13-25-18(24-15)14-8-6-5-7-9-14;/h5-9,11,13H,3-4,10,12H2,1-2H3,(H2,20,22,23);1H. The number of halogens is 1. The predicted octanol–water partition coefficient (Wildman–Crippen LogP) is 4.23. The fraction of sp³-hybridized carbons (Fsp3) is 0.316. The van der Waals surface area contributed by atoms with Gasteiger partial charge >= 0.3 is 0 Å². The number of nitrogens with zero attached hydrogens (tertiary/aromatic N) is 3. The van der Waals surface area contributed by atoms with Crippen molar-refractivity contribution in [3.05, 3.63) is 58.4 Å². The summed E-state index contributed by atoms with van der Waals surface area (Å²) in [4.78, 5) is 14.8. The van der Waals surface area contributed by atoms with E-state index in [9.17, 15) is 0 Å². The Labute approximate surface area is 180 Å². The molecule has 0 bridgehead atoms. The van der Waals surface area contributed by atoms with Crippen molar-refractivity contribution in [2.75, 3.05) is 6.54 Å². The number of oxazole rings is 1. The number of aromatic nitrogens is 2. The number of guanidine groups is 1. The monoisotopic (exact) mass is 497 g/mol. The van der Waals surface area contributed by atoms with E-state index in [1.165, 1.54) is 4.88 Å². The lowest BCUT2D eigenvalue weighted by Crippen LogP contribution is -2.36. The number of thiazole rings is 1. The Morgan fingerprint density at radius 3 is 2.70 bits per heavy atom. The molecule has 0 fully saturated rings. The van der Waals surface area contributed by atoms with Crippen LogP contribution >= 0.6 is 35.3 Å². The molecule has 0 amide bonds. The first-order chi connectivity index (χ1) is 12.8. The first kappa shape index (κ1) is 21.4. The molecule has 0 saturated carbocycles. The molecule has 0 spiro atoms. The zero-order valence-electron chi connectivity index (χ0n) is 15.4. The molecule has 8 heteroatoms. The average Bonchev–Trinajstić information content (AvgIpc) is 3.34. The summed E-state index contributed by atoms with van der Waals surface area (Å²) in [6.07, 6.45) is 4.61. The van der Waals surface area contributed by atoms with Gasteiger partial charge in [0, 0.05) is 23.2 Å². The van der Waals surface area contributed by atoms with Crippen LogP contribution in [0.4, 0.5) is 0 Å². The van der Waals surface area contributed by atoms with Crippen molar-refractivity contribution in [2.45, 2.75) is 33.4 Å². The van der Waals surface area contributed by atoms with Crippen LogP contribution in [0.2, 0.25) is 0 Å². The van der Waals surface area contributed by atoms with E-state index in [-0.39, 0.29) is 24.0 Å². The first-order valence-corrected chi connectivity index (χ1v) is 9.55. The summed E-state index contributed by atoms with van der Waals surface area (Å²) in [5.74, 6) is 1.36. The van der Waals surface area contributed by atoms with Crippen LogP contribution < -0.4 is 10.6 Å². The Morgan fingerprint density at radius 1 is 1.19 bits per heavy atom. The van der Waals surface area contributed by atoms with E-state index in [4.69, 9.17) is 4.42 Å². The van der Waals surface area contributed by atoms with Gasteiger partial charge in [-0.05, 0) is 25.5 Å². The van der Waals surface area contributed by atoms with Gasteiger partial charge in [0.15, 0.2) is 5.96 Å². The Hall–Kier alpha value is -1.94. The Bertz CT molecular complexity index is 847. The maximum atomic E-state index is 5.56. The van der Waals surface area contributed by atoms with Crippen LogP contribution in [-0.4, -0.2) is 22.5 Å². The lowest BCUT2D eigenvalue weighted by Gasteiger charge is -2.09. The minimum atomic E-state index is 0. The molecule has 0 unspecified atom stereocenters. The largest absolute Gasteiger partial charge is 0.444 e. The second-order valence-electron chi connectivity index (χ2n) is 5.63. The van der Waals surface area contributed by atoms with E-state index in [0.29, 0.717) is 19.0 Å². The van der Waals surface area contributed by atoms with Gasteiger partial charge in [-0.2, -0.15) is 0 Å². The van der Waals surface area contributed by atoms with Gasteiger partial charge in [-0.15, -0.1) is 35.3 Å². The van der Waals surface area contributed by atoms with Crippen LogP contribution in [0.15, 0.2) is 52.2 Å². The smallest absolute Gasteiger partial charge is 0.226 e. The summed E-state index contributed by atoms with van der Waals surface area (Å²) in [6, 6.07) is 9.85. The molecule has 1 aromatic carbocycles. The topological polar surface area (TPSA) is 75.3 Å². The second kappa shape index (κ2) is 11.0. The molecule has 0 radical (unpaired) electrons. The number of aliphatic imine (C=N–C) groups is 1. The maximum Gasteiger partial charge on any atom is 0.226 e. The molecule has 0 saturated heterocycles. The number of hydrogen-bond donors (Lipinski definition) is 2. The number of benzene rings is 1. The summed E-state index contributed by atoms with van der Waals surface area (Å²) < 4.78 is 5.56. The zero-order chi connectivity index (χ0) is 18.2. The molecule has 3 rings (SSSR count). The van der Waals surface area contributed by atoms with Crippen LogP contribution in [0.3, 0.4) is 0 Å². The summed E-state index contributed by atoms with van der Waals surface area (Å²) in [5.41, 5.74) is 1.76. The van der Waals surface area contributed by atoms with E-state index >= 15 is 0 Å². The van der Waals surface area contributed by atoms with Gasteiger partial charge in [0.1, 0.15) is 17.0 Å². The van der Waals surface area contributed by atoms with Crippen LogP contribution in [0, 0.1) is 0 Å². The summed E-state index contributed by atoms with van der Waals surface area (Å²) in [5, 5.41) is 7.61. The molecule has 0 atom stereocenters. The Balaban J connectivity index is 0.00000261. The molecule has 2 heterocycles. The van der Waals surface area contributed by atoms with Gasteiger partial charge in [-0.3, -0.25) is 0 Å². The van der Waals surface area contributed by atoms with Gasteiger partial charge in [0.2, 0.25) is 5.89 Å². The normalized spacial score (nSPS) is 11.1. The van der Waals surface area contributed by atoms with Crippen molar-refractivity contribution in [1.29, 1.82) is 0 Å². The van der Waals surface area contributed by atoms with Gasteiger partial charge < -0.3 is 15.1 Å². The summed E-state index contributed by atoms with van der Waals surface area (Å²) in [7, 11) is 0. The average molecular weight is 497 g/mol. The van der Waals surface area contributed by atoms with E-state index < -0.39 is 0 Å². The summed E-state index contributed by atoms with van der Waals surface area (Å²) in [6.45, 7) is 6.07. The zero-order valence-corrected chi connectivity index (χ0v) is 18.6. The summed E-state index contributed by atoms with van der Waals surface area (Å²) >= 11 is 1.72. The van der Waals surface area contributed by atoms with E-state index in [2.05, 4.69) is 32.5 Å². The third-order valence-corrected chi connectivity index (χ3v) is 4.81. The van der Waals surface area contributed by atoms with E-state index in [1.54, 1.807) is 17.6 Å². The lowest BCUT2D eigenvalue weighted by atomic mass is 10.2. The number of aryl methyl sites for hydroxylation is 1. The highest BCUT2D eigenvalue weighted by molar-refractivity contribution is 14.0. The minimum absolute atomic E-state index is 0. The highest BCUT2D eigenvalue weighted by Gasteiger charge is 2.07. The number of nitrogens with one attached hydrogen (secondary N) is 2. The van der Waals surface area contributed by atoms with Gasteiger partial charge in [-0.1, -0.05) is 25.1 Å². The van der Waals surface area contributed by atoms with Crippen molar-refractivity contribution in [2.24, 2.45) is 4.99 Å². The highest BCUT2D eigenvalue weighted by atomic mass is 127. The molecule has 0 aliphatic carbocycles. The molecule has 2 N–H and O–H groups in total. The molecule has 3 aromatic rings. The van der Waals surface area contributed by atoms with E-state index in [0.717, 1.165) is 35.2 Å². The van der Waals surface area contributed by atoms with Crippen LogP contribution in [0.5, 0.6) is 0 Å². The highest BCUT2D eigenvalue weighted by Crippen LogP contribution is 2.18. The van der Waals surface area contributed by atoms with Crippen molar-refractivity contribution in [3.8, 4) is 11.5 Å². The lowest BCUT2D eigenvalue weighted by molar-refractivity contribution is 0.572. The quantitative estimate of drug-likeness (QED) is 0.290. The fourth-order valence-electron chi connectivity index (χ4n) is 2.35. The molecule has 0 aliphatic rings. The molecular weight excluding hydrogens is 473 g/mol. The Kier molecular flexibility index (Phi) is 8.73. The maximum absolute atomic E-state index is 5.56. The predicted molar refractivity (Wildman–Crippen MR) is 121 cm³/mol. The number of hydrogen-bond acceptors (Lipinski definition) is 5. The van der Waals surface area contributed by atoms with Crippen molar-refractivity contribution in [1.82, 2.24) is 20.6 Å². The minimum Gasteiger partial charge on any atom is -0.444 e. The third-order valence-electron chi connectivity index (χ3n) is 3.67. The van der Waals surface area contributed by atoms with Gasteiger partial charge in [0.05, 0.1) is 13.1 Å². The van der Waals surface area contributed by atoms with Gasteiger partial charge in [0.25, 0.3) is 0 Å². The molecule has 0 aliphatic heterocycles. The second-order valence-corrected chi connectivity index (χ2v) is 6.83. The van der Waals surface area contributed by atoms with Crippen LogP contribution in [0.25, 0.3) is 11.5 Å². The molecule has 144 valence electrons. The Morgan fingerprint density at radius 2 is 2.00 bits per heavy atom. The third kappa shape index (κ3) is 6.31. The molecule has 27 heavy (non-hydrogen) atoms. The van der Waals surface area contributed by atoms with E-state index in [1.807, 2.05) is 43.5 Å². The fourth-order valence-corrected chi connectivity index (χ4v) is 3.15. The van der Waals surface area contributed by atoms with Gasteiger partial charge in [-0.25, -0.2) is 15.0 Å². The first-order valence-electron chi connectivity index (χ1n) is 8.74. The van der Waals surface area contributed by atoms with Crippen molar-refractivity contribution < 1.29 is 4.42 Å². The van der Waals surface area contributed by atoms with Crippen molar-refractivity contribution in [3.63, 3.8) is 0 Å². The molecule has 2 aromatic heterocycles.